The van der Waals surface area contributed by atoms with Gasteiger partial charge in [-0.3, -0.25) is 14.9 Å². The molecule has 4 nitrogen and oxygen atoms in total. The van der Waals surface area contributed by atoms with Crippen LogP contribution >= 0.6 is 11.6 Å². The van der Waals surface area contributed by atoms with Gasteiger partial charge in [0.2, 0.25) is 0 Å². The summed E-state index contributed by atoms with van der Waals surface area (Å²) in [6.07, 6.45) is 1.55. The van der Waals surface area contributed by atoms with Gasteiger partial charge in [-0.15, -0.1) is 0 Å². The first-order valence-electron chi connectivity index (χ1n) is 6.82. The summed E-state index contributed by atoms with van der Waals surface area (Å²) in [5.74, 6) is 0. The molecule has 0 amide bonds. The zero-order chi connectivity index (χ0) is 15.5. The summed E-state index contributed by atoms with van der Waals surface area (Å²) in [5, 5.41) is 3.61. The van der Waals surface area contributed by atoms with Crippen LogP contribution in [0.1, 0.15) is 11.3 Å². The molecule has 2 aromatic carbocycles. The van der Waals surface area contributed by atoms with E-state index in [0.717, 1.165) is 11.4 Å². The van der Waals surface area contributed by atoms with Crippen LogP contribution in [0.5, 0.6) is 0 Å². The number of halogens is 1. The minimum absolute atomic E-state index is 0.139. The van der Waals surface area contributed by atoms with Crippen molar-refractivity contribution < 1.29 is 0 Å². The number of nitrogens with zero attached hydrogens (tertiary/aromatic N) is 2. The van der Waals surface area contributed by atoms with Gasteiger partial charge in [0.1, 0.15) is 0 Å². The SMILES string of the molecule is Cc1[nH]n(-c2ccccc2)c(=O)c1C=Nc1ccccc1Cl. The molecular weight excluding hydrogens is 298 g/mol. The molecule has 1 heterocycles. The summed E-state index contributed by atoms with van der Waals surface area (Å²) >= 11 is 6.07. The van der Waals surface area contributed by atoms with Crippen LogP contribution < -0.4 is 5.56 Å². The predicted molar refractivity (Wildman–Crippen MR) is 89.8 cm³/mol. The second kappa shape index (κ2) is 6.03. The van der Waals surface area contributed by atoms with E-state index in [2.05, 4.69) is 10.1 Å². The fourth-order valence-electron chi connectivity index (χ4n) is 2.16. The number of aromatic nitrogens is 2. The van der Waals surface area contributed by atoms with Crippen molar-refractivity contribution in [2.45, 2.75) is 6.92 Å². The van der Waals surface area contributed by atoms with Gasteiger partial charge in [-0.05, 0) is 31.2 Å². The summed E-state index contributed by atoms with van der Waals surface area (Å²) in [6, 6.07) is 16.7. The zero-order valence-electron chi connectivity index (χ0n) is 12.0. The summed E-state index contributed by atoms with van der Waals surface area (Å²) in [7, 11) is 0. The van der Waals surface area contributed by atoms with Gasteiger partial charge >= 0.3 is 0 Å². The van der Waals surface area contributed by atoms with Crippen molar-refractivity contribution in [3.8, 4) is 5.69 Å². The van der Waals surface area contributed by atoms with Crippen molar-refractivity contribution in [1.29, 1.82) is 0 Å². The second-order valence-corrected chi connectivity index (χ2v) is 5.24. The Morgan fingerprint density at radius 1 is 1.09 bits per heavy atom. The highest BCUT2D eigenvalue weighted by atomic mass is 35.5. The Kier molecular flexibility index (Phi) is 3.94. The standard InChI is InChI=1S/C17H14ClN3O/c1-12-14(11-19-16-10-6-5-9-15(16)18)17(22)21(20-12)13-7-3-2-4-8-13/h2-11,20H,1H3. The first-order valence-corrected chi connectivity index (χ1v) is 7.20. The molecule has 0 bridgehead atoms. The predicted octanol–water partition coefficient (Wildman–Crippen LogP) is 3.88. The molecule has 3 aromatic rings. The van der Waals surface area contributed by atoms with E-state index in [1.54, 1.807) is 18.3 Å². The third-order valence-corrected chi connectivity index (χ3v) is 3.64. The molecule has 0 saturated heterocycles. The number of rotatable bonds is 3. The number of benzene rings is 2. The molecule has 0 spiro atoms. The van der Waals surface area contributed by atoms with Crippen molar-refractivity contribution in [1.82, 2.24) is 9.78 Å². The molecule has 5 heteroatoms. The van der Waals surface area contributed by atoms with Gasteiger partial charge in [0.15, 0.2) is 0 Å². The Bertz CT molecular complexity index is 878. The average Bonchev–Trinajstić information content (AvgIpc) is 2.82. The minimum Gasteiger partial charge on any atom is -0.295 e. The first kappa shape index (κ1) is 14.4. The highest BCUT2D eigenvalue weighted by molar-refractivity contribution is 6.33. The van der Waals surface area contributed by atoms with E-state index in [0.29, 0.717) is 16.3 Å². The van der Waals surface area contributed by atoms with E-state index < -0.39 is 0 Å². The van der Waals surface area contributed by atoms with E-state index in [9.17, 15) is 4.79 Å². The number of para-hydroxylation sites is 2. The number of hydrogen-bond acceptors (Lipinski definition) is 2. The number of aryl methyl sites for hydroxylation is 1. The van der Waals surface area contributed by atoms with E-state index in [1.807, 2.05) is 49.4 Å². The largest absolute Gasteiger partial charge is 0.295 e. The molecule has 0 aliphatic heterocycles. The van der Waals surface area contributed by atoms with E-state index in [1.165, 1.54) is 4.68 Å². The van der Waals surface area contributed by atoms with Crippen LogP contribution in [0.4, 0.5) is 5.69 Å². The highest BCUT2D eigenvalue weighted by Crippen LogP contribution is 2.23. The number of hydrogen-bond donors (Lipinski definition) is 1. The Morgan fingerprint density at radius 2 is 1.77 bits per heavy atom. The Morgan fingerprint density at radius 3 is 2.50 bits per heavy atom. The number of nitrogens with one attached hydrogen (secondary N) is 1. The van der Waals surface area contributed by atoms with Gasteiger partial charge in [-0.1, -0.05) is 41.9 Å². The van der Waals surface area contributed by atoms with Crippen molar-refractivity contribution in [3.63, 3.8) is 0 Å². The maximum atomic E-state index is 12.5. The molecule has 0 unspecified atom stereocenters. The average molecular weight is 312 g/mol. The normalized spacial score (nSPS) is 11.2. The van der Waals surface area contributed by atoms with E-state index >= 15 is 0 Å². The van der Waals surface area contributed by atoms with Crippen LogP contribution in [0.25, 0.3) is 5.69 Å². The third kappa shape index (κ3) is 2.73. The number of H-pyrrole nitrogens is 1. The second-order valence-electron chi connectivity index (χ2n) is 4.84. The molecule has 0 aliphatic rings. The maximum absolute atomic E-state index is 12.5. The molecule has 0 saturated carbocycles. The van der Waals surface area contributed by atoms with Crippen LogP contribution in [-0.2, 0) is 0 Å². The topological polar surface area (TPSA) is 50.1 Å². The fraction of sp³-hybridized carbons (Fsp3) is 0.0588. The fourth-order valence-corrected chi connectivity index (χ4v) is 2.35. The molecule has 0 fully saturated rings. The first-order chi connectivity index (χ1) is 10.7. The molecule has 0 aliphatic carbocycles. The van der Waals surface area contributed by atoms with Crippen molar-refractivity contribution >= 4 is 23.5 Å². The Labute approximate surface area is 132 Å². The minimum atomic E-state index is -0.139. The lowest BCUT2D eigenvalue weighted by Gasteiger charge is -1.99. The molecule has 1 aromatic heterocycles. The molecule has 1 N–H and O–H groups in total. The van der Waals surface area contributed by atoms with Crippen LogP contribution in [0.15, 0.2) is 64.4 Å². The third-order valence-electron chi connectivity index (χ3n) is 3.32. The molecule has 3 rings (SSSR count). The number of aliphatic imine (C=N–C) groups is 1. The summed E-state index contributed by atoms with van der Waals surface area (Å²) in [5.41, 5.74) is 2.55. The lowest BCUT2D eigenvalue weighted by atomic mass is 10.2. The smallest absolute Gasteiger partial charge is 0.280 e. The lowest BCUT2D eigenvalue weighted by Crippen LogP contribution is -2.17. The summed E-state index contributed by atoms with van der Waals surface area (Å²) in [4.78, 5) is 16.8. The molecule has 0 radical (unpaired) electrons. The van der Waals surface area contributed by atoms with Crippen molar-refractivity contribution in [2.75, 3.05) is 0 Å². The van der Waals surface area contributed by atoms with E-state index in [4.69, 9.17) is 11.6 Å². The lowest BCUT2D eigenvalue weighted by molar-refractivity contribution is 0.835. The van der Waals surface area contributed by atoms with Crippen molar-refractivity contribution in [2.24, 2.45) is 4.99 Å². The van der Waals surface area contributed by atoms with Crippen molar-refractivity contribution in [3.05, 3.63) is 81.2 Å². The van der Waals surface area contributed by atoms with Gasteiger partial charge < -0.3 is 0 Å². The van der Waals surface area contributed by atoms with Crippen LogP contribution in [0.2, 0.25) is 5.02 Å². The van der Waals surface area contributed by atoms with Gasteiger partial charge in [-0.2, -0.15) is 0 Å². The highest BCUT2D eigenvalue weighted by Gasteiger charge is 2.10. The summed E-state index contributed by atoms with van der Waals surface area (Å²) in [6.45, 7) is 1.84. The van der Waals surface area contributed by atoms with Crippen LogP contribution in [0.3, 0.4) is 0 Å². The molecule has 110 valence electrons. The Balaban J connectivity index is 2.01. The van der Waals surface area contributed by atoms with E-state index in [-0.39, 0.29) is 5.56 Å². The van der Waals surface area contributed by atoms with Crippen LogP contribution in [-0.4, -0.2) is 16.0 Å². The zero-order valence-corrected chi connectivity index (χ0v) is 12.7. The summed E-state index contributed by atoms with van der Waals surface area (Å²) < 4.78 is 1.50. The van der Waals surface area contributed by atoms with Gasteiger partial charge in [-0.25, -0.2) is 4.68 Å². The molecule has 22 heavy (non-hydrogen) atoms. The van der Waals surface area contributed by atoms with Gasteiger partial charge in [0, 0.05) is 11.9 Å². The monoisotopic (exact) mass is 311 g/mol. The Hall–Kier alpha value is -2.59. The molecular formula is C17H14ClN3O. The maximum Gasteiger partial charge on any atom is 0.280 e. The quantitative estimate of drug-likeness (QED) is 0.733. The molecule has 0 atom stereocenters. The van der Waals surface area contributed by atoms with Crippen LogP contribution in [0, 0.1) is 6.92 Å². The van der Waals surface area contributed by atoms with Gasteiger partial charge in [0.05, 0.1) is 22.0 Å². The number of aromatic amines is 1. The van der Waals surface area contributed by atoms with Gasteiger partial charge in [0.25, 0.3) is 5.56 Å².